The lowest BCUT2D eigenvalue weighted by molar-refractivity contribution is -0.117. The molecule has 0 spiro atoms. The van der Waals surface area contributed by atoms with Crippen LogP contribution in [0.2, 0.25) is 0 Å². The number of amides is 1. The minimum absolute atomic E-state index is 0.103. The van der Waals surface area contributed by atoms with E-state index in [0.29, 0.717) is 5.82 Å². The third kappa shape index (κ3) is 3.51. The Bertz CT molecular complexity index is 807. The van der Waals surface area contributed by atoms with Crippen molar-refractivity contribution in [2.45, 2.75) is 32.9 Å². The van der Waals surface area contributed by atoms with Crippen LogP contribution in [-0.2, 0) is 11.3 Å². The first-order valence-corrected chi connectivity index (χ1v) is 7.96. The van der Waals surface area contributed by atoms with Gasteiger partial charge in [0.25, 0.3) is 0 Å². The highest BCUT2D eigenvalue weighted by Crippen LogP contribution is 2.17. The monoisotopic (exact) mass is 324 g/mol. The fourth-order valence-corrected chi connectivity index (χ4v) is 2.38. The third-order valence-corrected chi connectivity index (χ3v) is 3.86. The Balaban J connectivity index is 1.66. The van der Waals surface area contributed by atoms with E-state index in [4.69, 9.17) is 0 Å². The summed E-state index contributed by atoms with van der Waals surface area (Å²) in [6, 6.07) is 11.8. The molecule has 24 heavy (non-hydrogen) atoms. The number of hydrogen-bond acceptors (Lipinski definition) is 4. The lowest BCUT2D eigenvalue weighted by atomic mass is 10.2. The zero-order valence-electron chi connectivity index (χ0n) is 13.8. The fraction of sp³-hybridized carbons (Fsp3) is 0.294. The summed E-state index contributed by atoms with van der Waals surface area (Å²) in [6.45, 7) is 4.25. The molecule has 1 N–H and O–H groups in total. The van der Waals surface area contributed by atoms with Crippen LogP contribution in [0.15, 0.2) is 48.8 Å². The van der Waals surface area contributed by atoms with E-state index in [1.807, 2.05) is 35.0 Å². The largest absolute Gasteiger partial charge is 0.309 e. The van der Waals surface area contributed by atoms with Crippen LogP contribution in [0.5, 0.6) is 0 Å². The van der Waals surface area contributed by atoms with E-state index in [1.54, 1.807) is 18.5 Å². The molecule has 124 valence electrons. The highest BCUT2D eigenvalue weighted by Gasteiger charge is 2.12. The minimum atomic E-state index is -0.162. The maximum atomic E-state index is 12.2. The van der Waals surface area contributed by atoms with Crippen molar-refractivity contribution in [2.75, 3.05) is 5.32 Å². The summed E-state index contributed by atoms with van der Waals surface area (Å²) in [5.74, 6) is 0.530. The second-order valence-electron chi connectivity index (χ2n) is 5.63. The van der Waals surface area contributed by atoms with Gasteiger partial charge in [-0.3, -0.25) is 4.79 Å². The summed E-state index contributed by atoms with van der Waals surface area (Å²) in [6.07, 6.45) is 4.39. The van der Waals surface area contributed by atoms with Crippen molar-refractivity contribution >= 4 is 11.7 Å². The Labute approximate surface area is 140 Å². The number of hydrogen-bond donors (Lipinski definition) is 1. The number of carbonyl (C=O) groups is 1. The van der Waals surface area contributed by atoms with E-state index in [9.17, 15) is 4.79 Å². The van der Waals surface area contributed by atoms with Crippen molar-refractivity contribution in [1.82, 2.24) is 24.8 Å². The lowest BCUT2D eigenvalue weighted by Gasteiger charge is -2.14. The molecule has 0 unspecified atom stereocenters. The second-order valence-corrected chi connectivity index (χ2v) is 5.63. The number of carbonyl (C=O) groups excluding carboxylic acids is 1. The van der Waals surface area contributed by atoms with Gasteiger partial charge in [-0.25, -0.2) is 9.36 Å². The maximum Gasteiger partial charge on any atom is 0.247 e. The van der Waals surface area contributed by atoms with Crippen LogP contribution in [0.1, 0.15) is 26.3 Å². The zero-order chi connectivity index (χ0) is 16.9. The SMILES string of the molecule is CC[C@@H](C)n1nccc1NC(=O)Cn1cc(-c2ccccc2)nn1. The Hall–Kier alpha value is -2.96. The number of aromatic nitrogens is 5. The van der Waals surface area contributed by atoms with Gasteiger partial charge >= 0.3 is 0 Å². The van der Waals surface area contributed by atoms with E-state index in [-0.39, 0.29) is 18.5 Å². The van der Waals surface area contributed by atoms with Gasteiger partial charge in [0.15, 0.2) is 0 Å². The van der Waals surface area contributed by atoms with E-state index in [0.717, 1.165) is 17.7 Å². The number of rotatable bonds is 6. The van der Waals surface area contributed by atoms with Crippen LogP contribution in [0.25, 0.3) is 11.3 Å². The van der Waals surface area contributed by atoms with Crippen LogP contribution in [-0.4, -0.2) is 30.7 Å². The average Bonchev–Trinajstić information content (AvgIpc) is 3.24. The zero-order valence-corrected chi connectivity index (χ0v) is 13.8. The van der Waals surface area contributed by atoms with Gasteiger partial charge in [0.05, 0.1) is 18.4 Å². The molecule has 0 saturated heterocycles. The molecule has 0 aliphatic carbocycles. The summed E-state index contributed by atoms with van der Waals surface area (Å²) in [5, 5.41) is 15.3. The van der Waals surface area contributed by atoms with Gasteiger partial charge in [-0.05, 0) is 13.3 Å². The topological polar surface area (TPSA) is 77.6 Å². The predicted molar refractivity (Wildman–Crippen MR) is 91.3 cm³/mol. The fourth-order valence-electron chi connectivity index (χ4n) is 2.38. The molecule has 1 atom stereocenters. The van der Waals surface area contributed by atoms with E-state index >= 15 is 0 Å². The van der Waals surface area contributed by atoms with E-state index < -0.39 is 0 Å². The Morgan fingerprint density at radius 2 is 2.04 bits per heavy atom. The normalized spacial score (nSPS) is 12.1. The number of nitrogens with zero attached hydrogens (tertiary/aromatic N) is 5. The smallest absolute Gasteiger partial charge is 0.247 e. The van der Waals surface area contributed by atoms with Gasteiger partial charge < -0.3 is 5.32 Å². The highest BCUT2D eigenvalue weighted by atomic mass is 16.2. The highest BCUT2D eigenvalue weighted by molar-refractivity contribution is 5.89. The van der Waals surface area contributed by atoms with Crippen molar-refractivity contribution in [3.8, 4) is 11.3 Å². The average molecular weight is 324 g/mol. The van der Waals surface area contributed by atoms with Gasteiger partial charge in [0.1, 0.15) is 18.1 Å². The molecule has 0 radical (unpaired) electrons. The molecule has 0 aliphatic rings. The van der Waals surface area contributed by atoms with Gasteiger partial charge in [-0.15, -0.1) is 5.10 Å². The van der Waals surface area contributed by atoms with Crippen molar-refractivity contribution in [1.29, 1.82) is 0 Å². The molecule has 2 aromatic heterocycles. The van der Waals surface area contributed by atoms with Crippen molar-refractivity contribution in [3.05, 3.63) is 48.8 Å². The molecule has 1 amide bonds. The Morgan fingerprint density at radius 3 is 2.79 bits per heavy atom. The van der Waals surface area contributed by atoms with E-state index in [1.165, 1.54) is 4.68 Å². The molecule has 7 nitrogen and oxygen atoms in total. The predicted octanol–water partition coefficient (Wildman–Crippen LogP) is 2.75. The first-order chi connectivity index (χ1) is 11.7. The first kappa shape index (κ1) is 15.9. The third-order valence-electron chi connectivity index (χ3n) is 3.86. The summed E-state index contributed by atoms with van der Waals surface area (Å²) in [5.41, 5.74) is 1.71. The Kier molecular flexibility index (Phi) is 4.69. The molecule has 0 saturated carbocycles. The quantitative estimate of drug-likeness (QED) is 0.756. The molecule has 3 aromatic rings. The molecular weight excluding hydrogens is 304 g/mol. The summed E-state index contributed by atoms with van der Waals surface area (Å²) in [7, 11) is 0. The standard InChI is InChI=1S/C17H20N6O/c1-3-13(2)23-16(9-10-18-23)19-17(24)12-22-11-15(20-21-22)14-7-5-4-6-8-14/h4-11,13H,3,12H2,1-2H3,(H,19,24)/t13-/m1/s1. The number of anilines is 1. The summed E-state index contributed by atoms with van der Waals surface area (Å²) >= 11 is 0. The second kappa shape index (κ2) is 7.08. The summed E-state index contributed by atoms with van der Waals surface area (Å²) < 4.78 is 3.34. The molecule has 2 heterocycles. The molecule has 0 bridgehead atoms. The molecule has 0 fully saturated rings. The van der Waals surface area contributed by atoms with Gasteiger partial charge in [-0.2, -0.15) is 5.10 Å². The maximum absolute atomic E-state index is 12.2. The van der Waals surface area contributed by atoms with Gasteiger partial charge in [0.2, 0.25) is 5.91 Å². The number of benzene rings is 1. The molecule has 7 heteroatoms. The van der Waals surface area contributed by atoms with Crippen LogP contribution in [0.4, 0.5) is 5.82 Å². The Morgan fingerprint density at radius 1 is 1.25 bits per heavy atom. The first-order valence-electron chi connectivity index (χ1n) is 7.96. The van der Waals surface area contributed by atoms with Gasteiger partial charge in [-0.1, -0.05) is 42.5 Å². The van der Waals surface area contributed by atoms with Crippen LogP contribution >= 0.6 is 0 Å². The molecule has 1 aromatic carbocycles. The van der Waals surface area contributed by atoms with Crippen LogP contribution in [0, 0.1) is 0 Å². The lowest BCUT2D eigenvalue weighted by Crippen LogP contribution is -2.22. The minimum Gasteiger partial charge on any atom is -0.309 e. The van der Waals surface area contributed by atoms with Crippen molar-refractivity contribution < 1.29 is 4.79 Å². The summed E-state index contributed by atoms with van der Waals surface area (Å²) in [4.78, 5) is 12.2. The van der Waals surface area contributed by atoms with Crippen molar-refractivity contribution in [3.63, 3.8) is 0 Å². The van der Waals surface area contributed by atoms with Crippen molar-refractivity contribution in [2.24, 2.45) is 0 Å². The van der Waals surface area contributed by atoms with Gasteiger partial charge in [0, 0.05) is 11.6 Å². The molecule has 0 aliphatic heterocycles. The number of nitrogens with one attached hydrogen (secondary N) is 1. The molecular formula is C17H20N6O. The van der Waals surface area contributed by atoms with Crippen LogP contribution < -0.4 is 5.32 Å². The van der Waals surface area contributed by atoms with Crippen LogP contribution in [0.3, 0.4) is 0 Å². The van der Waals surface area contributed by atoms with E-state index in [2.05, 4.69) is 34.6 Å². The molecule has 3 rings (SSSR count).